The Morgan fingerprint density at radius 2 is 2.00 bits per heavy atom. The zero-order chi connectivity index (χ0) is 14.5. The van der Waals surface area contributed by atoms with Crippen LogP contribution in [0.5, 0.6) is 0 Å². The number of carbonyl (C=O) groups is 1. The van der Waals surface area contributed by atoms with Crippen molar-refractivity contribution >= 4 is 11.7 Å². The standard InChI is InChI=1S/C16H23N3O2/c20-16(19-9-11-21-12-10-19)14-7-4-8-17-15(14)18-13-5-2-1-3-6-13/h4,7-8,13H,1-3,5-6,9-12H2,(H,17,18). The lowest BCUT2D eigenvalue weighted by Gasteiger charge is -2.28. The molecule has 5 nitrogen and oxygen atoms in total. The van der Waals surface area contributed by atoms with E-state index < -0.39 is 0 Å². The average Bonchev–Trinajstić information content (AvgIpc) is 2.56. The molecule has 0 bridgehead atoms. The second kappa shape index (κ2) is 6.89. The fourth-order valence-corrected chi connectivity index (χ4v) is 3.07. The predicted molar refractivity (Wildman–Crippen MR) is 81.5 cm³/mol. The molecule has 1 saturated carbocycles. The van der Waals surface area contributed by atoms with Crippen LogP contribution in [0.4, 0.5) is 5.82 Å². The molecule has 2 heterocycles. The van der Waals surface area contributed by atoms with Gasteiger partial charge in [-0.25, -0.2) is 4.98 Å². The number of hydrogen-bond donors (Lipinski definition) is 1. The van der Waals surface area contributed by atoms with Crippen LogP contribution in [0.3, 0.4) is 0 Å². The van der Waals surface area contributed by atoms with Gasteiger partial charge in [0.15, 0.2) is 0 Å². The number of nitrogens with zero attached hydrogens (tertiary/aromatic N) is 2. The molecule has 0 atom stereocenters. The molecule has 5 heteroatoms. The maximum atomic E-state index is 12.7. The van der Waals surface area contributed by atoms with Crippen molar-refractivity contribution in [3.8, 4) is 0 Å². The molecule has 1 aromatic heterocycles. The number of amides is 1. The SMILES string of the molecule is O=C(c1cccnc1NC1CCCCC1)N1CCOCC1. The predicted octanol–water partition coefficient (Wildman–Crippen LogP) is 2.30. The van der Waals surface area contributed by atoms with E-state index >= 15 is 0 Å². The van der Waals surface area contributed by atoms with E-state index in [0.717, 1.165) is 5.82 Å². The minimum atomic E-state index is 0.0599. The molecule has 2 aliphatic rings. The van der Waals surface area contributed by atoms with Crippen molar-refractivity contribution in [2.75, 3.05) is 31.6 Å². The Morgan fingerprint density at radius 1 is 1.24 bits per heavy atom. The Balaban J connectivity index is 1.73. The largest absolute Gasteiger partial charge is 0.378 e. The lowest BCUT2D eigenvalue weighted by molar-refractivity contribution is 0.0303. The Morgan fingerprint density at radius 3 is 2.76 bits per heavy atom. The third-order valence-electron chi connectivity index (χ3n) is 4.28. The minimum absolute atomic E-state index is 0.0599. The second-order valence-electron chi connectivity index (χ2n) is 5.78. The molecule has 1 N–H and O–H groups in total. The third-order valence-corrected chi connectivity index (χ3v) is 4.28. The highest BCUT2D eigenvalue weighted by molar-refractivity contribution is 5.98. The van der Waals surface area contributed by atoms with Crippen LogP contribution in [0, 0.1) is 0 Å². The highest BCUT2D eigenvalue weighted by Gasteiger charge is 2.23. The molecule has 1 aromatic rings. The summed E-state index contributed by atoms with van der Waals surface area (Å²) in [6.07, 6.45) is 7.93. The summed E-state index contributed by atoms with van der Waals surface area (Å²) in [4.78, 5) is 18.9. The summed E-state index contributed by atoms with van der Waals surface area (Å²) in [5.74, 6) is 0.797. The summed E-state index contributed by atoms with van der Waals surface area (Å²) >= 11 is 0. The summed E-state index contributed by atoms with van der Waals surface area (Å²) in [6, 6.07) is 4.15. The molecule has 21 heavy (non-hydrogen) atoms. The van der Waals surface area contributed by atoms with Gasteiger partial charge in [0.2, 0.25) is 0 Å². The van der Waals surface area contributed by atoms with Crippen molar-refractivity contribution in [3.05, 3.63) is 23.9 Å². The van der Waals surface area contributed by atoms with Gasteiger partial charge in [0, 0.05) is 25.3 Å². The van der Waals surface area contributed by atoms with Gasteiger partial charge in [-0.05, 0) is 25.0 Å². The first kappa shape index (κ1) is 14.3. The number of aromatic nitrogens is 1. The van der Waals surface area contributed by atoms with Crippen LogP contribution < -0.4 is 5.32 Å². The van der Waals surface area contributed by atoms with E-state index in [-0.39, 0.29) is 5.91 Å². The minimum Gasteiger partial charge on any atom is -0.378 e. The molecular formula is C16H23N3O2. The van der Waals surface area contributed by atoms with Gasteiger partial charge in [0.1, 0.15) is 5.82 Å². The number of hydrogen-bond acceptors (Lipinski definition) is 4. The summed E-state index contributed by atoms with van der Waals surface area (Å²) in [7, 11) is 0. The topological polar surface area (TPSA) is 54.5 Å². The zero-order valence-corrected chi connectivity index (χ0v) is 12.4. The maximum Gasteiger partial charge on any atom is 0.257 e. The highest BCUT2D eigenvalue weighted by Crippen LogP contribution is 2.23. The lowest BCUT2D eigenvalue weighted by atomic mass is 9.95. The Labute approximate surface area is 125 Å². The number of anilines is 1. The molecule has 1 aliphatic heterocycles. The number of rotatable bonds is 3. The fraction of sp³-hybridized carbons (Fsp3) is 0.625. The van der Waals surface area contributed by atoms with Crippen LogP contribution in [0.25, 0.3) is 0 Å². The van der Waals surface area contributed by atoms with E-state index in [2.05, 4.69) is 10.3 Å². The van der Waals surface area contributed by atoms with Crippen molar-refractivity contribution in [2.45, 2.75) is 38.1 Å². The summed E-state index contributed by atoms with van der Waals surface area (Å²) in [5.41, 5.74) is 0.685. The molecular weight excluding hydrogens is 266 g/mol. The number of ether oxygens (including phenoxy) is 1. The van der Waals surface area contributed by atoms with Crippen molar-refractivity contribution in [3.63, 3.8) is 0 Å². The molecule has 1 aliphatic carbocycles. The normalized spacial score (nSPS) is 20.3. The summed E-state index contributed by atoms with van der Waals surface area (Å²) in [5, 5.41) is 3.48. The van der Waals surface area contributed by atoms with Gasteiger partial charge in [0.05, 0.1) is 18.8 Å². The van der Waals surface area contributed by atoms with E-state index in [9.17, 15) is 4.79 Å². The van der Waals surface area contributed by atoms with Crippen LogP contribution in [-0.4, -0.2) is 48.1 Å². The lowest BCUT2D eigenvalue weighted by Crippen LogP contribution is -2.41. The first-order valence-corrected chi connectivity index (χ1v) is 7.93. The zero-order valence-electron chi connectivity index (χ0n) is 12.4. The van der Waals surface area contributed by atoms with Gasteiger partial charge in [-0.3, -0.25) is 4.79 Å². The molecule has 2 fully saturated rings. The van der Waals surface area contributed by atoms with Crippen LogP contribution in [0.1, 0.15) is 42.5 Å². The van der Waals surface area contributed by atoms with Gasteiger partial charge in [-0.2, -0.15) is 0 Å². The molecule has 1 saturated heterocycles. The maximum absolute atomic E-state index is 12.7. The smallest absolute Gasteiger partial charge is 0.257 e. The van der Waals surface area contributed by atoms with Crippen molar-refractivity contribution in [1.29, 1.82) is 0 Å². The molecule has 114 valence electrons. The summed E-state index contributed by atoms with van der Waals surface area (Å²) in [6.45, 7) is 2.57. The second-order valence-corrected chi connectivity index (χ2v) is 5.78. The average molecular weight is 289 g/mol. The molecule has 0 aromatic carbocycles. The van der Waals surface area contributed by atoms with E-state index in [0.29, 0.717) is 37.9 Å². The number of pyridine rings is 1. The van der Waals surface area contributed by atoms with Crippen molar-refractivity contribution in [1.82, 2.24) is 9.88 Å². The first-order valence-electron chi connectivity index (χ1n) is 7.93. The Hall–Kier alpha value is -1.62. The number of morpholine rings is 1. The van der Waals surface area contributed by atoms with E-state index in [1.807, 2.05) is 17.0 Å². The monoisotopic (exact) mass is 289 g/mol. The molecule has 0 spiro atoms. The first-order chi connectivity index (χ1) is 10.3. The van der Waals surface area contributed by atoms with Gasteiger partial charge in [0.25, 0.3) is 5.91 Å². The molecule has 0 unspecified atom stereocenters. The Kier molecular flexibility index (Phi) is 4.70. The van der Waals surface area contributed by atoms with E-state index in [4.69, 9.17) is 4.74 Å². The number of carbonyl (C=O) groups excluding carboxylic acids is 1. The Bertz CT molecular complexity index is 480. The van der Waals surface area contributed by atoms with Crippen LogP contribution in [0.2, 0.25) is 0 Å². The van der Waals surface area contributed by atoms with Crippen molar-refractivity contribution < 1.29 is 9.53 Å². The van der Waals surface area contributed by atoms with Gasteiger partial charge in [-0.1, -0.05) is 19.3 Å². The van der Waals surface area contributed by atoms with Gasteiger partial charge in [-0.15, -0.1) is 0 Å². The van der Waals surface area contributed by atoms with Crippen LogP contribution in [0.15, 0.2) is 18.3 Å². The molecule has 0 radical (unpaired) electrons. The van der Waals surface area contributed by atoms with E-state index in [1.54, 1.807) is 6.20 Å². The van der Waals surface area contributed by atoms with E-state index in [1.165, 1.54) is 32.1 Å². The van der Waals surface area contributed by atoms with Crippen LogP contribution in [-0.2, 0) is 4.74 Å². The van der Waals surface area contributed by atoms with Crippen LogP contribution >= 0.6 is 0 Å². The molecule has 1 amide bonds. The van der Waals surface area contributed by atoms with Gasteiger partial charge < -0.3 is 15.0 Å². The highest BCUT2D eigenvalue weighted by atomic mass is 16.5. The van der Waals surface area contributed by atoms with Crippen molar-refractivity contribution in [2.24, 2.45) is 0 Å². The molecule has 3 rings (SSSR count). The third kappa shape index (κ3) is 3.53. The number of nitrogens with one attached hydrogen (secondary N) is 1. The summed E-state index contributed by atoms with van der Waals surface area (Å²) < 4.78 is 5.31. The quantitative estimate of drug-likeness (QED) is 0.927. The van der Waals surface area contributed by atoms with Gasteiger partial charge >= 0.3 is 0 Å². The fourth-order valence-electron chi connectivity index (χ4n) is 3.07.